The Hall–Kier alpha value is -1.45. The average Bonchev–Trinajstić information content (AvgIpc) is 2.46. The van der Waals surface area contributed by atoms with E-state index in [1.807, 2.05) is 6.07 Å². The van der Waals surface area contributed by atoms with Gasteiger partial charge in [-0.3, -0.25) is 9.88 Å². The van der Waals surface area contributed by atoms with Crippen LogP contribution in [0, 0.1) is 12.3 Å². The molecular weight excluding hydrogens is 258 g/mol. The average molecular weight is 285 g/mol. The second kappa shape index (κ2) is 6.54. The van der Waals surface area contributed by atoms with Crippen LogP contribution in [-0.2, 0) is 6.54 Å². The maximum Gasteiger partial charge on any atom is 0.0708 e. The van der Waals surface area contributed by atoms with E-state index in [0.29, 0.717) is 6.54 Å². The first-order chi connectivity index (χ1) is 9.95. The Morgan fingerprint density at radius 2 is 1.95 bits per heavy atom. The highest BCUT2D eigenvalue weighted by atomic mass is 15.1. The van der Waals surface area contributed by atoms with Crippen molar-refractivity contribution in [1.29, 1.82) is 0 Å². The molecule has 3 heteroatoms. The highest BCUT2D eigenvalue weighted by Crippen LogP contribution is 2.22. The standard InChI is InChI=1S/C18H27N3/c1-5-21(13-18(3,4)12-19)11-15-10-14(2)20-17-9-7-6-8-16(15)17/h6-10H,5,11-13,19H2,1-4H3. The topological polar surface area (TPSA) is 42.2 Å². The Morgan fingerprint density at radius 3 is 2.62 bits per heavy atom. The van der Waals surface area contributed by atoms with Crippen LogP contribution >= 0.6 is 0 Å². The van der Waals surface area contributed by atoms with E-state index in [1.165, 1.54) is 10.9 Å². The SMILES string of the molecule is CCN(Cc1cc(C)nc2ccccc12)CC(C)(C)CN. The molecule has 0 bridgehead atoms. The molecule has 0 amide bonds. The molecule has 0 saturated heterocycles. The molecule has 0 unspecified atom stereocenters. The zero-order chi connectivity index (χ0) is 15.5. The lowest BCUT2D eigenvalue weighted by Gasteiger charge is -2.31. The van der Waals surface area contributed by atoms with Gasteiger partial charge in [0.15, 0.2) is 0 Å². The third-order valence-electron chi connectivity index (χ3n) is 3.98. The van der Waals surface area contributed by atoms with Gasteiger partial charge in [0, 0.05) is 24.2 Å². The number of pyridine rings is 1. The summed E-state index contributed by atoms with van der Waals surface area (Å²) in [6.45, 7) is 12.4. The minimum absolute atomic E-state index is 0.147. The first-order valence-corrected chi connectivity index (χ1v) is 7.73. The van der Waals surface area contributed by atoms with Gasteiger partial charge >= 0.3 is 0 Å². The molecule has 0 saturated carbocycles. The van der Waals surface area contributed by atoms with E-state index in [9.17, 15) is 0 Å². The molecular formula is C18H27N3. The maximum absolute atomic E-state index is 5.88. The van der Waals surface area contributed by atoms with Crippen molar-refractivity contribution in [2.75, 3.05) is 19.6 Å². The number of aromatic nitrogens is 1. The molecule has 0 aliphatic heterocycles. The van der Waals surface area contributed by atoms with E-state index < -0.39 is 0 Å². The molecule has 114 valence electrons. The lowest BCUT2D eigenvalue weighted by molar-refractivity contribution is 0.184. The van der Waals surface area contributed by atoms with Crippen LogP contribution in [0.1, 0.15) is 32.0 Å². The molecule has 21 heavy (non-hydrogen) atoms. The fourth-order valence-corrected chi connectivity index (χ4v) is 2.72. The fraction of sp³-hybridized carbons (Fsp3) is 0.500. The highest BCUT2D eigenvalue weighted by Gasteiger charge is 2.20. The largest absolute Gasteiger partial charge is 0.330 e. The number of fused-ring (bicyclic) bond motifs is 1. The summed E-state index contributed by atoms with van der Waals surface area (Å²) in [5, 5.41) is 1.26. The monoisotopic (exact) mass is 285 g/mol. The van der Waals surface area contributed by atoms with Crippen LogP contribution in [0.4, 0.5) is 0 Å². The quantitative estimate of drug-likeness (QED) is 0.885. The van der Waals surface area contributed by atoms with Crippen molar-refractivity contribution < 1.29 is 0 Å². The third kappa shape index (κ3) is 4.02. The van der Waals surface area contributed by atoms with Crippen LogP contribution in [-0.4, -0.2) is 29.5 Å². The van der Waals surface area contributed by atoms with Gasteiger partial charge < -0.3 is 5.73 Å². The second-order valence-electron chi connectivity index (χ2n) is 6.61. The van der Waals surface area contributed by atoms with Crippen LogP contribution in [0.5, 0.6) is 0 Å². The summed E-state index contributed by atoms with van der Waals surface area (Å²) < 4.78 is 0. The number of benzene rings is 1. The third-order valence-corrected chi connectivity index (χ3v) is 3.98. The van der Waals surface area contributed by atoms with Crippen LogP contribution in [0.15, 0.2) is 30.3 Å². The van der Waals surface area contributed by atoms with Gasteiger partial charge in [-0.15, -0.1) is 0 Å². The molecule has 1 aromatic carbocycles. The van der Waals surface area contributed by atoms with E-state index in [1.54, 1.807) is 0 Å². The molecule has 2 aromatic rings. The van der Waals surface area contributed by atoms with Crippen molar-refractivity contribution >= 4 is 10.9 Å². The number of hydrogen-bond donors (Lipinski definition) is 1. The van der Waals surface area contributed by atoms with Crippen molar-refractivity contribution in [3.63, 3.8) is 0 Å². The van der Waals surface area contributed by atoms with Crippen molar-refractivity contribution in [3.8, 4) is 0 Å². The minimum atomic E-state index is 0.147. The van der Waals surface area contributed by atoms with E-state index in [4.69, 9.17) is 5.73 Å². The van der Waals surface area contributed by atoms with Crippen molar-refractivity contribution in [3.05, 3.63) is 41.6 Å². The zero-order valence-electron chi connectivity index (χ0n) is 13.7. The van der Waals surface area contributed by atoms with Gasteiger partial charge in [-0.1, -0.05) is 39.0 Å². The maximum atomic E-state index is 5.88. The highest BCUT2D eigenvalue weighted by molar-refractivity contribution is 5.82. The molecule has 0 atom stereocenters. The Labute approximate surface area is 128 Å². The summed E-state index contributed by atoms with van der Waals surface area (Å²) >= 11 is 0. The van der Waals surface area contributed by atoms with Crippen LogP contribution < -0.4 is 5.73 Å². The Morgan fingerprint density at radius 1 is 1.24 bits per heavy atom. The molecule has 0 spiro atoms. The van der Waals surface area contributed by atoms with Gasteiger partial charge in [-0.25, -0.2) is 0 Å². The molecule has 1 heterocycles. The molecule has 0 radical (unpaired) electrons. The Bertz CT molecular complexity index is 604. The first kappa shape index (κ1) is 15.9. The van der Waals surface area contributed by atoms with Gasteiger partial charge in [0.25, 0.3) is 0 Å². The second-order valence-corrected chi connectivity index (χ2v) is 6.61. The number of aryl methyl sites for hydroxylation is 1. The summed E-state index contributed by atoms with van der Waals surface area (Å²) in [6.07, 6.45) is 0. The zero-order valence-corrected chi connectivity index (χ0v) is 13.7. The Kier molecular flexibility index (Phi) is 4.96. The van der Waals surface area contributed by atoms with Crippen LogP contribution in [0.2, 0.25) is 0 Å². The lowest BCUT2D eigenvalue weighted by atomic mass is 9.92. The molecule has 0 aliphatic carbocycles. The van der Waals surface area contributed by atoms with Crippen molar-refractivity contribution in [1.82, 2.24) is 9.88 Å². The van der Waals surface area contributed by atoms with Gasteiger partial charge in [0.2, 0.25) is 0 Å². The summed E-state index contributed by atoms with van der Waals surface area (Å²) in [7, 11) is 0. The lowest BCUT2D eigenvalue weighted by Crippen LogP contribution is -2.38. The van der Waals surface area contributed by atoms with E-state index in [-0.39, 0.29) is 5.41 Å². The van der Waals surface area contributed by atoms with Crippen molar-refractivity contribution in [2.24, 2.45) is 11.1 Å². The predicted octanol–water partition coefficient (Wildman–Crippen LogP) is 3.35. The predicted molar refractivity (Wildman–Crippen MR) is 90.3 cm³/mol. The molecule has 1 aromatic heterocycles. The van der Waals surface area contributed by atoms with Gasteiger partial charge in [0.05, 0.1) is 5.52 Å². The number of hydrogen-bond acceptors (Lipinski definition) is 3. The summed E-state index contributed by atoms with van der Waals surface area (Å²) in [5.74, 6) is 0. The summed E-state index contributed by atoms with van der Waals surface area (Å²) in [6, 6.07) is 10.6. The number of nitrogens with zero attached hydrogens (tertiary/aromatic N) is 2. The van der Waals surface area contributed by atoms with E-state index >= 15 is 0 Å². The number of rotatable bonds is 6. The first-order valence-electron chi connectivity index (χ1n) is 7.73. The smallest absolute Gasteiger partial charge is 0.0708 e. The molecule has 2 rings (SSSR count). The van der Waals surface area contributed by atoms with Gasteiger partial charge in [-0.05, 0) is 43.1 Å². The number of para-hydroxylation sites is 1. The van der Waals surface area contributed by atoms with Crippen LogP contribution in [0.25, 0.3) is 10.9 Å². The van der Waals surface area contributed by atoms with Gasteiger partial charge in [-0.2, -0.15) is 0 Å². The van der Waals surface area contributed by atoms with E-state index in [0.717, 1.165) is 30.8 Å². The summed E-state index contributed by atoms with van der Waals surface area (Å²) in [4.78, 5) is 7.09. The normalized spacial score (nSPS) is 12.3. The Balaban J connectivity index is 2.29. The molecule has 2 N–H and O–H groups in total. The minimum Gasteiger partial charge on any atom is -0.330 e. The number of nitrogens with two attached hydrogens (primary N) is 1. The van der Waals surface area contributed by atoms with Gasteiger partial charge in [0.1, 0.15) is 0 Å². The molecule has 3 nitrogen and oxygen atoms in total. The van der Waals surface area contributed by atoms with Crippen molar-refractivity contribution in [2.45, 2.75) is 34.2 Å². The molecule has 0 aliphatic rings. The molecule has 0 fully saturated rings. The fourth-order valence-electron chi connectivity index (χ4n) is 2.72. The summed E-state index contributed by atoms with van der Waals surface area (Å²) in [5.41, 5.74) is 9.55. The van der Waals surface area contributed by atoms with E-state index in [2.05, 4.69) is 61.8 Å². The van der Waals surface area contributed by atoms with Crippen LogP contribution in [0.3, 0.4) is 0 Å².